The second-order valence-corrected chi connectivity index (χ2v) is 5.37. The highest BCUT2D eigenvalue weighted by Gasteiger charge is 2.12. The molecule has 0 saturated carbocycles. The van der Waals surface area contributed by atoms with Gasteiger partial charge in [0.25, 0.3) is 0 Å². The van der Waals surface area contributed by atoms with E-state index in [2.05, 4.69) is 0 Å². The Balaban J connectivity index is 3.14. The summed E-state index contributed by atoms with van der Waals surface area (Å²) >= 11 is 0. The number of aromatic carboxylic acids is 1. The predicted molar refractivity (Wildman–Crippen MR) is 53.6 cm³/mol. The number of carboxylic acids is 1. The Morgan fingerprint density at radius 2 is 2.00 bits per heavy atom. The highest BCUT2D eigenvalue weighted by molar-refractivity contribution is 7.89. The Morgan fingerprint density at radius 1 is 1.40 bits per heavy atom. The molecular weight excluding hydrogens is 220 g/mol. The highest BCUT2D eigenvalue weighted by atomic mass is 32.2. The van der Waals surface area contributed by atoms with Gasteiger partial charge in [0.05, 0.1) is 5.75 Å². The fourth-order valence-corrected chi connectivity index (χ4v) is 1.93. The second-order valence-electron chi connectivity index (χ2n) is 3.23. The fraction of sp³-hybridized carbons (Fsp3) is 0.222. The summed E-state index contributed by atoms with van der Waals surface area (Å²) in [6, 6.07) is 3.70. The van der Waals surface area contributed by atoms with Gasteiger partial charge in [-0.25, -0.2) is 13.2 Å². The SMILES string of the molecule is CS(=O)(=O)Cc1ccc(O)c(C(=O)O)c1. The van der Waals surface area contributed by atoms with E-state index in [1.807, 2.05) is 0 Å². The average Bonchev–Trinajstić information content (AvgIpc) is 2.05. The summed E-state index contributed by atoms with van der Waals surface area (Å²) < 4.78 is 21.9. The van der Waals surface area contributed by atoms with E-state index in [4.69, 9.17) is 5.11 Å². The summed E-state index contributed by atoms with van der Waals surface area (Å²) in [4.78, 5) is 10.6. The molecule has 5 nitrogen and oxygen atoms in total. The summed E-state index contributed by atoms with van der Waals surface area (Å²) in [6.07, 6.45) is 1.06. The molecule has 0 fully saturated rings. The third-order valence-electron chi connectivity index (χ3n) is 1.72. The third kappa shape index (κ3) is 3.25. The molecule has 0 bridgehead atoms. The minimum Gasteiger partial charge on any atom is -0.507 e. The molecule has 82 valence electrons. The van der Waals surface area contributed by atoms with Gasteiger partial charge < -0.3 is 10.2 Å². The second kappa shape index (κ2) is 3.90. The molecule has 0 radical (unpaired) electrons. The van der Waals surface area contributed by atoms with Crippen molar-refractivity contribution in [2.45, 2.75) is 5.75 Å². The molecule has 0 aromatic heterocycles. The molecule has 0 atom stereocenters. The Bertz CT molecular complexity index is 489. The van der Waals surface area contributed by atoms with Crippen LogP contribution in [-0.2, 0) is 15.6 Å². The molecule has 0 aliphatic carbocycles. The van der Waals surface area contributed by atoms with E-state index in [1.165, 1.54) is 12.1 Å². The van der Waals surface area contributed by atoms with Gasteiger partial charge >= 0.3 is 5.97 Å². The third-order valence-corrected chi connectivity index (χ3v) is 2.58. The van der Waals surface area contributed by atoms with E-state index in [0.29, 0.717) is 5.56 Å². The van der Waals surface area contributed by atoms with Gasteiger partial charge in [0.1, 0.15) is 11.3 Å². The smallest absolute Gasteiger partial charge is 0.339 e. The maximum Gasteiger partial charge on any atom is 0.339 e. The van der Waals surface area contributed by atoms with Gasteiger partial charge in [-0.3, -0.25) is 0 Å². The molecule has 0 spiro atoms. The monoisotopic (exact) mass is 230 g/mol. The molecule has 6 heteroatoms. The summed E-state index contributed by atoms with van der Waals surface area (Å²) in [6.45, 7) is 0. The van der Waals surface area contributed by atoms with Gasteiger partial charge in [-0.1, -0.05) is 6.07 Å². The summed E-state index contributed by atoms with van der Waals surface area (Å²) in [5, 5.41) is 17.9. The lowest BCUT2D eigenvalue weighted by Crippen LogP contribution is -2.03. The summed E-state index contributed by atoms with van der Waals surface area (Å²) in [5.41, 5.74) is 0.0452. The number of hydrogen-bond acceptors (Lipinski definition) is 4. The number of aromatic hydroxyl groups is 1. The van der Waals surface area contributed by atoms with Crippen LogP contribution in [0.4, 0.5) is 0 Å². The molecule has 0 saturated heterocycles. The molecule has 1 aromatic rings. The van der Waals surface area contributed by atoms with Crippen LogP contribution in [0.2, 0.25) is 0 Å². The van der Waals surface area contributed by atoms with E-state index >= 15 is 0 Å². The average molecular weight is 230 g/mol. The van der Waals surface area contributed by atoms with Crippen molar-refractivity contribution in [3.8, 4) is 5.75 Å². The standard InChI is InChI=1S/C9H10O5S/c1-15(13,14)5-6-2-3-8(10)7(4-6)9(11)12/h2-4,10H,5H2,1H3,(H,11,12). The molecule has 2 N–H and O–H groups in total. The van der Waals surface area contributed by atoms with Gasteiger partial charge in [-0.15, -0.1) is 0 Å². The first-order valence-corrected chi connectivity index (χ1v) is 6.08. The van der Waals surface area contributed by atoms with Crippen molar-refractivity contribution in [1.82, 2.24) is 0 Å². The van der Waals surface area contributed by atoms with Gasteiger partial charge in [0.15, 0.2) is 9.84 Å². The van der Waals surface area contributed by atoms with Crippen LogP contribution in [0.3, 0.4) is 0 Å². The van der Waals surface area contributed by atoms with Crippen molar-refractivity contribution in [2.24, 2.45) is 0 Å². The van der Waals surface area contributed by atoms with Gasteiger partial charge in [-0.05, 0) is 17.7 Å². The Morgan fingerprint density at radius 3 is 2.47 bits per heavy atom. The first-order valence-electron chi connectivity index (χ1n) is 4.02. The van der Waals surface area contributed by atoms with Crippen molar-refractivity contribution in [2.75, 3.05) is 6.26 Å². The maximum atomic E-state index is 11.0. The minimum absolute atomic E-state index is 0.243. The first kappa shape index (κ1) is 11.5. The number of benzene rings is 1. The number of phenols is 1. The number of carboxylic acid groups (broad SMARTS) is 1. The van der Waals surface area contributed by atoms with Crippen molar-refractivity contribution < 1.29 is 23.4 Å². The molecular formula is C9H10O5S. The normalized spacial score (nSPS) is 11.3. The largest absolute Gasteiger partial charge is 0.507 e. The van der Waals surface area contributed by atoms with Crippen molar-refractivity contribution >= 4 is 15.8 Å². The lowest BCUT2D eigenvalue weighted by molar-refractivity contribution is 0.0693. The molecule has 0 unspecified atom stereocenters. The van der Waals surface area contributed by atoms with Crippen LogP contribution in [0, 0.1) is 0 Å². The van der Waals surface area contributed by atoms with Crippen molar-refractivity contribution in [3.63, 3.8) is 0 Å². The summed E-state index contributed by atoms with van der Waals surface area (Å²) in [7, 11) is -3.21. The molecule has 15 heavy (non-hydrogen) atoms. The lowest BCUT2D eigenvalue weighted by atomic mass is 10.1. The van der Waals surface area contributed by atoms with Crippen LogP contribution in [0.15, 0.2) is 18.2 Å². The number of carbonyl (C=O) groups is 1. The zero-order valence-electron chi connectivity index (χ0n) is 7.97. The predicted octanol–water partition coefficient (Wildman–Crippen LogP) is 0.635. The molecule has 0 aliphatic rings. The van der Waals surface area contributed by atoms with Crippen LogP contribution in [0.5, 0.6) is 5.75 Å². The number of sulfone groups is 1. The van der Waals surface area contributed by atoms with Crippen LogP contribution in [0.25, 0.3) is 0 Å². The lowest BCUT2D eigenvalue weighted by Gasteiger charge is -2.03. The van der Waals surface area contributed by atoms with E-state index in [-0.39, 0.29) is 17.1 Å². The van der Waals surface area contributed by atoms with E-state index in [0.717, 1.165) is 12.3 Å². The van der Waals surface area contributed by atoms with Gasteiger partial charge in [0, 0.05) is 6.26 Å². The fourth-order valence-electron chi connectivity index (χ4n) is 1.15. The van der Waals surface area contributed by atoms with Gasteiger partial charge in [0.2, 0.25) is 0 Å². The van der Waals surface area contributed by atoms with Crippen molar-refractivity contribution in [3.05, 3.63) is 29.3 Å². The zero-order chi connectivity index (χ0) is 11.6. The zero-order valence-corrected chi connectivity index (χ0v) is 8.78. The molecule has 1 aromatic carbocycles. The van der Waals surface area contributed by atoms with E-state index in [1.54, 1.807) is 0 Å². The quantitative estimate of drug-likeness (QED) is 0.794. The van der Waals surface area contributed by atoms with Crippen LogP contribution < -0.4 is 0 Å². The Hall–Kier alpha value is -1.56. The molecule has 0 amide bonds. The highest BCUT2D eigenvalue weighted by Crippen LogP contribution is 2.19. The van der Waals surface area contributed by atoms with Gasteiger partial charge in [-0.2, -0.15) is 0 Å². The number of hydrogen-bond donors (Lipinski definition) is 2. The molecule has 0 heterocycles. The van der Waals surface area contributed by atoms with Crippen LogP contribution >= 0.6 is 0 Å². The first-order chi connectivity index (χ1) is 6.79. The Labute approximate surface area is 86.9 Å². The molecule has 0 aliphatic heterocycles. The van der Waals surface area contributed by atoms with E-state index < -0.39 is 15.8 Å². The van der Waals surface area contributed by atoms with Crippen molar-refractivity contribution in [1.29, 1.82) is 0 Å². The number of rotatable bonds is 3. The van der Waals surface area contributed by atoms with E-state index in [9.17, 15) is 18.3 Å². The maximum absolute atomic E-state index is 11.0. The van der Waals surface area contributed by atoms with Crippen LogP contribution in [-0.4, -0.2) is 30.9 Å². The minimum atomic E-state index is -3.21. The molecule has 1 rings (SSSR count). The topological polar surface area (TPSA) is 91.7 Å². The summed E-state index contributed by atoms with van der Waals surface area (Å²) in [5.74, 6) is -1.91. The Kier molecular flexibility index (Phi) is 2.99. The van der Waals surface area contributed by atoms with Crippen LogP contribution in [0.1, 0.15) is 15.9 Å².